The van der Waals surface area contributed by atoms with Gasteiger partial charge in [0.25, 0.3) is 0 Å². The zero-order chi connectivity index (χ0) is 13.9. The second kappa shape index (κ2) is 5.26. The molecule has 2 rings (SSSR count). The van der Waals surface area contributed by atoms with Crippen LogP contribution in [0.15, 0.2) is 42.7 Å². The van der Waals surface area contributed by atoms with Crippen LogP contribution in [0.5, 0.6) is 0 Å². The molecule has 0 bridgehead atoms. The fraction of sp³-hybridized carbons (Fsp3) is 0.231. The summed E-state index contributed by atoms with van der Waals surface area (Å²) in [5, 5.41) is 3.04. The van der Waals surface area contributed by atoms with Gasteiger partial charge in [-0.25, -0.2) is 4.98 Å². The molecule has 3 nitrogen and oxygen atoms in total. The van der Waals surface area contributed by atoms with E-state index in [1.54, 1.807) is 12.3 Å². The van der Waals surface area contributed by atoms with Crippen molar-refractivity contribution in [2.24, 2.45) is 0 Å². The zero-order valence-electron chi connectivity index (χ0n) is 10.1. The molecule has 0 spiro atoms. The van der Waals surface area contributed by atoms with Crippen molar-refractivity contribution in [2.45, 2.75) is 19.1 Å². The molecule has 6 heteroatoms. The first-order chi connectivity index (χ1) is 8.97. The van der Waals surface area contributed by atoms with Crippen LogP contribution in [0.2, 0.25) is 0 Å². The highest BCUT2D eigenvalue weighted by Gasteiger charge is 2.32. The molecule has 0 radical (unpaired) electrons. The number of nitrogens with zero attached hydrogens (tertiary/aromatic N) is 2. The van der Waals surface area contributed by atoms with E-state index < -0.39 is 11.9 Å². The number of nitrogens with one attached hydrogen (secondary N) is 1. The minimum absolute atomic E-state index is 0.111. The Morgan fingerprint density at radius 1 is 1.11 bits per heavy atom. The van der Waals surface area contributed by atoms with Crippen molar-refractivity contribution < 1.29 is 13.2 Å². The lowest BCUT2D eigenvalue weighted by molar-refractivity contribution is -0.141. The maximum absolute atomic E-state index is 12.4. The van der Waals surface area contributed by atoms with Crippen LogP contribution in [0.3, 0.4) is 0 Å². The monoisotopic (exact) mass is 267 g/mol. The molecule has 0 aliphatic rings. The summed E-state index contributed by atoms with van der Waals surface area (Å²) >= 11 is 0. The third kappa shape index (κ3) is 3.43. The van der Waals surface area contributed by atoms with Crippen LogP contribution in [0, 0.1) is 0 Å². The largest absolute Gasteiger partial charge is 0.433 e. The Bertz CT molecular complexity index is 523. The fourth-order valence-electron chi connectivity index (χ4n) is 1.60. The Hall–Kier alpha value is -2.11. The maximum Gasteiger partial charge on any atom is 0.433 e. The SMILES string of the molecule is CC(Nc1ccc(C(F)(F)F)nc1)c1ccccn1. The molecule has 0 aliphatic carbocycles. The molecule has 1 unspecified atom stereocenters. The molecular formula is C13H12F3N3. The van der Waals surface area contributed by atoms with Gasteiger partial charge in [0, 0.05) is 6.20 Å². The molecule has 0 amide bonds. The Morgan fingerprint density at radius 3 is 2.42 bits per heavy atom. The molecule has 2 aromatic rings. The van der Waals surface area contributed by atoms with Crippen LogP contribution in [-0.2, 0) is 6.18 Å². The first-order valence-electron chi connectivity index (χ1n) is 5.67. The standard InChI is InChI=1S/C13H12F3N3/c1-9(11-4-2-3-7-17-11)19-10-5-6-12(18-8-10)13(14,15)16/h2-9,19H,1H3. The number of hydrogen-bond acceptors (Lipinski definition) is 3. The van der Waals surface area contributed by atoms with Crippen molar-refractivity contribution in [3.8, 4) is 0 Å². The summed E-state index contributed by atoms with van der Waals surface area (Å²) in [4.78, 5) is 7.56. The van der Waals surface area contributed by atoms with Gasteiger partial charge >= 0.3 is 6.18 Å². The van der Waals surface area contributed by atoms with Crippen molar-refractivity contribution in [2.75, 3.05) is 5.32 Å². The summed E-state index contributed by atoms with van der Waals surface area (Å²) in [6.07, 6.45) is -1.58. The molecular weight excluding hydrogens is 255 g/mol. The smallest absolute Gasteiger partial charge is 0.376 e. The van der Waals surface area contributed by atoms with Gasteiger partial charge in [-0.3, -0.25) is 4.98 Å². The number of rotatable bonds is 3. The Balaban J connectivity index is 2.08. The Labute approximate surface area is 108 Å². The van der Waals surface area contributed by atoms with Crippen LogP contribution in [0.25, 0.3) is 0 Å². The molecule has 2 aromatic heterocycles. The average molecular weight is 267 g/mol. The quantitative estimate of drug-likeness (QED) is 0.922. The van der Waals surface area contributed by atoms with E-state index in [1.807, 2.05) is 19.1 Å². The van der Waals surface area contributed by atoms with Gasteiger partial charge in [0.2, 0.25) is 0 Å². The summed E-state index contributed by atoms with van der Waals surface area (Å²) in [6, 6.07) is 7.69. The second-order valence-electron chi connectivity index (χ2n) is 4.05. The summed E-state index contributed by atoms with van der Waals surface area (Å²) in [5.74, 6) is 0. The summed E-state index contributed by atoms with van der Waals surface area (Å²) in [7, 11) is 0. The molecule has 1 N–H and O–H groups in total. The number of anilines is 1. The number of pyridine rings is 2. The highest BCUT2D eigenvalue weighted by Crippen LogP contribution is 2.28. The molecule has 1 atom stereocenters. The van der Waals surface area contributed by atoms with Crippen molar-refractivity contribution in [1.29, 1.82) is 0 Å². The molecule has 0 fully saturated rings. The first-order valence-corrected chi connectivity index (χ1v) is 5.67. The lowest BCUT2D eigenvalue weighted by Gasteiger charge is -2.14. The van der Waals surface area contributed by atoms with Gasteiger partial charge in [-0.05, 0) is 31.2 Å². The normalized spacial score (nSPS) is 13.1. The minimum Gasteiger partial charge on any atom is -0.376 e. The molecule has 100 valence electrons. The van der Waals surface area contributed by atoms with Gasteiger partial charge < -0.3 is 5.32 Å². The predicted octanol–water partition coefficient (Wildman–Crippen LogP) is 3.67. The molecule has 0 saturated heterocycles. The highest BCUT2D eigenvalue weighted by atomic mass is 19.4. The van der Waals surface area contributed by atoms with E-state index in [-0.39, 0.29) is 6.04 Å². The van der Waals surface area contributed by atoms with Crippen LogP contribution < -0.4 is 5.32 Å². The summed E-state index contributed by atoms with van der Waals surface area (Å²) in [5.41, 5.74) is 0.428. The third-order valence-corrected chi connectivity index (χ3v) is 2.57. The minimum atomic E-state index is -4.41. The van der Waals surface area contributed by atoms with Crippen LogP contribution in [-0.4, -0.2) is 9.97 Å². The lowest BCUT2D eigenvalue weighted by Crippen LogP contribution is -2.10. The van der Waals surface area contributed by atoms with Gasteiger partial charge in [-0.1, -0.05) is 6.07 Å². The van der Waals surface area contributed by atoms with Gasteiger partial charge in [-0.2, -0.15) is 13.2 Å². The van der Waals surface area contributed by atoms with Gasteiger partial charge in [-0.15, -0.1) is 0 Å². The lowest BCUT2D eigenvalue weighted by atomic mass is 10.2. The first kappa shape index (κ1) is 13.3. The van der Waals surface area contributed by atoms with E-state index in [9.17, 15) is 13.2 Å². The van der Waals surface area contributed by atoms with E-state index in [0.717, 1.165) is 11.8 Å². The number of hydrogen-bond donors (Lipinski definition) is 1. The molecule has 0 aliphatic heterocycles. The topological polar surface area (TPSA) is 37.8 Å². The molecule has 19 heavy (non-hydrogen) atoms. The molecule has 0 saturated carbocycles. The average Bonchev–Trinajstić information content (AvgIpc) is 2.39. The number of halogens is 3. The van der Waals surface area contributed by atoms with Crippen LogP contribution in [0.4, 0.5) is 18.9 Å². The van der Waals surface area contributed by atoms with Crippen LogP contribution >= 0.6 is 0 Å². The van der Waals surface area contributed by atoms with Crippen molar-refractivity contribution in [3.63, 3.8) is 0 Å². The fourth-order valence-corrected chi connectivity index (χ4v) is 1.60. The molecule has 2 heterocycles. The predicted molar refractivity (Wildman–Crippen MR) is 65.5 cm³/mol. The van der Waals surface area contributed by atoms with E-state index >= 15 is 0 Å². The van der Waals surface area contributed by atoms with Crippen molar-refractivity contribution in [1.82, 2.24) is 9.97 Å². The highest BCUT2D eigenvalue weighted by molar-refractivity contribution is 5.43. The van der Waals surface area contributed by atoms with Gasteiger partial charge in [0.05, 0.1) is 23.6 Å². The maximum atomic E-state index is 12.4. The van der Waals surface area contributed by atoms with Gasteiger partial charge in [0.1, 0.15) is 5.69 Å². The number of alkyl halides is 3. The van der Waals surface area contributed by atoms with Crippen LogP contribution in [0.1, 0.15) is 24.4 Å². The summed E-state index contributed by atoms with van der Waals surface area (Å²) in [6.45, 7) is 1.88. The van der Waals surface area contributed by atoms with E-state index in [2.05, 4.69) is 15.3 Å². The summed E-state index contributed by atoms with van der Waals surface area (Å²) < 4.78 is 37.1. The van der Waals surface area contributed by atoms with E-state index in [1.165, 1.54) is 12.3 Å². The van der Waals surface area contributed by atoms with Crippen molar-refractivity contribution in [3.05, 3.63) is 54.1 Å². The Kier molecular flexibility index (Phi) is 3.69. The van der Waals surface area contributed by atoms with Gasteiger partial charge in [0.15, 0.2) is 0 Å². The molecule has 0 aromatic carbocycles. The van der Waals surface area contributed by atoms with Crippen molar-refractivity contribution >= 4 is 5.69 Å². The second-order valence-corrected chi connectivity index (χ2v) is 4.05. The number of aromatic nitrogens is 2. The third-order valence-electron chi connectivity index (χ3n) is 2.57. The zero-order valence-corrected chi connectivity index (χ0v) is 10.1. The Morgan fingerprint density at radius 2 is 1.89 bits per heavy atom. The van der Waals surface area contributed by atoms with E-state index in [4.69, 9.17) is 0 Å². The van der Waals surface area contributed by atoms with E-state index in [0.29, 0.717) is 5.69 Å².